The number of carbonyl (C=O) groups excluding carboxylic acids is 2. The van der Waals surface area contributed by atoms with E-state index in [9.17, 15) is 28.0 Å². The molecule has 9 rings (SSSR count). The zero-order valence-corrected chi connectivity index (χ0v) is 36.3. The number of amides is 2. The average Bonchev–Trinajstić information content (AvgIpc) is 3.86. The van der Waals surface area contributed by atoms with Crippen LogP contribution in [-0.2, 0) is 75.4 Å². The molecule has 4 heterocycles. The van der Waals surface area contributed by atoms with Gasteiger partial charge < -0.3 is 33.2 Å². The van der Waals surface area contributed by atoms with E-state index in [1.165, 1.54) is 6.07 Å². The highest BCUT2D eigenvalue weighted by Gasteiger charge is 2.76. The lowest BCUT2D eigenvalue weighted by molar-refractivity contribution is -0.342. The smallest absolute Gasteiger partial charge is 0.374 e. The van der Waals surface area contributed by atoms with Crippen LogP contribution in [0.15, 0.2) is 140 Å². The zero-order chi connectivity index (χ0) is 46.1. The summed E-state index contributed by atoms with van der Waals surface area (Å²) in [7, 11) is 0. The molecule has 0 aromatic heterocycles. The summed E-state index contributed by atoms with van der Waals surface area (Å²) in [6, 6.07) is 43.2. The maximum Gasteiger partial charge on any atom is 0.417 e. The van der Waals surface area contributed by atoms with Crippen LogP contribution in [0.1, 0.15) is 53.6 Å². The van der Waals surface area contributed by atoms with Gasteiger partial charge in [-0.25, -0.2) is 4.90 Å². The summed E-state index contributed by atoms with van der Waals surface area (Å²) in [6.07, 6.45) is -10.1. The molecule has 4 fully saturated rings. The second-order valence-electron chi connectivity index (χ2n) is 17.6. The number of nitriles is 1. The van der Waals surface area contributed by atoms with Crippen LogP contribution < -0.4 is 4.90 Å². The number of alkyl halides is 3. The van der Waals surface area contributed by atoms with Crippen molar-refractivity contribution >= 4 is 17.5 Å². The minimum Gasteiger partial charge on any atom is -0.374 e. The summed E-state index contributed by atoms with van der Waals surface area (Å²) >= 11 is 0. The first-order chi connectivity index (χ1) is 31.9. The van der Waals surface area contributed by atoms with Crippen molar-refractivity contribution in [1.82, 2.24) is 0 Å². The predicted octanol–water partition coefficient (Wildman–Crippen LogP) is 8.72. The van der Waals surface area contributed by atoms with Gasteiger partial charge in [0, 0.05) is 6.42 Å². The Balaban J connectivity index is 1.06. The number of hydrogen-bond acceptors (Lipinski definition) is 10. The quantitative estimate of drug-likeness (QED) is 0.0889. The van der Waals surface area contributed by atoms with Crippen LogP contribution >= 0.6 is 0 Å². The first-order valence-corrected chi connectivity index (χ1v) is 21.9. The molecule has 4 saturated heterocycles. The van der Waals surface area contributed by atoms with Gasteiger partial charge in [-0.05, 0) is 54.3 Å². The minimum absolute atomic E-state index is 0.0676. The summed E-state index contributed by atoms with van der Waals surface area (Å²) in [5, 5.41) is 9.42. The molecule has 2 bridgehead atoms. The van der Waals surface area contributed by atoms with Crippen LogP contribution in [-0.4, -0.2) is 66.4 Å². The fraction of sp³-hybridized carbons (Fsp3) is 0.365. The Kier molecular flexibility index (Phi) is 13.0. The molecule has 2 amide bonds. The highest BCUT2D eigenvalue weighted by atomic mass is 19.4. The molecular weight excluding hydrogens is 854 g/mol. The van der Waals surface area contributed by atoms with Gasteiger partial charge in [0.25, 0.3) is 0 Å². The fourth-order valence-corrected chi connectivity index (χ4v) is 9.96. The summed E-state index contributed by atoms with van der Waals surface area (Å²) in [5.41, 5.74) is -1.15. The Hall–Kier alpha value is -5.76. The Bertz CT molecular complexity index is 2530. The third-order valence-electron chi connectivity index (χ3n) is 13.1. The molecule has 0 spiro atoms. The number of carbonyl (C=O) groups is 2. The van der Waals surface area contributed by atoms with Crippen molar-refractivity contribution < 1.29 is 55.9 Å². The molecule has 0 saturated carbocycles. The molecule has 0 radical (unpaired) electrons. The first-order valence-electron chi connectivity index (χ1n) is 21.9. The number of halogens is 3. The molecule has 5 aromatic carbocycles. The van der Waals surface area contributed by atoms with Gasteiger partial charge in [-0.3, -0.25) is 9.59 Å². The van der Waals surface area contributed by atoms with E-state index in [4.69, 9.17) is 33.2 Å². The fourth-order valence-electron chi connectivity index (χ4n) is 9.96. The molecule has 5 unspecified atom stereocenters. The van der Waals surface area contributed by atoms with Crippen molar-refractivity contribution in [2.45, 2.75) is 101 Å². The second-order valence-corrected chi connectivity index (χ2v) is 17.6. The summed E-state index contributed by atoms with van der Waals surface area (Å²) in [6.45, 7) is 4.33. The summed E-state index contributed by atoms with van der Waals surface area (Å²) < 4.78 is 89.8. The minimum atomic E-state index is -4.90. The van der Waals surface area contributed by atoms with E-state index in [-0.39, 0.29) is 45.1 Å². The van der Waals surface area contributed by atoms with Crippen LogP contribution in [0.2, 0.25) is 0 Å². The Morgan fingerprint density at radius 3 is 1.71 bits per heavy atom. The topological polar surface area (TPSA) is 126 Å². The molecule has 11 nitrogen and oxygen atoms in total. The molecule has 342 valence electrons. The van der Waals surface area contributed by atoms with E-state index in [1.807, 2.05) is 121 Å². The van der Waals surface area contributed by atoms with Crippen LogP contribution in [0.25, 0.3) is 0 Å². The number of rotatable bonds is 16. The molecule has 10 atom stereocenters. The van der Waals surface area contributed by atoms with E-state index in [1.54, 1.807) is 19.9 Å². The number of imide groups is 1. The van der Waals surface area contributed by atoms with Crippen LogP contribution in [0.3, 0.4) is 0 Å². The van der Waals surface area contributed by atoms with Crippen molar-refractivity contribution in [1.29, 1.82) is 5.26 Å². The van der Waals surface area contributed by atoms with Gasteiger partial charge in [0.1, 0.15) is 30.0 Å². The molecule has 14 heteroatoms. The lowest BCUT2D eigenvalue weighted by atomic mass is 9.67. The van der Waals surface area contributed by atoms with Gasteiger partial charge in [-0.1, -0.05) is 121 Å². The van der Waals surface area contributed by atoms with Crippen LogP contribution in [0, 0.1) is 23.2 Å². The Morgan fingerprint density at radius 2 is 1.18 bits per heavy atom. The highest BCUT2D eigenvalue weighted by molar-refractivity contribution is 6.23. The number of anilines is 1. The van der Waals surface area contributed by atoms with Gasteiger partial charge in [-0.15, -0.1) is 0 Å². The summed E-state index contributed by atoms with van der Waals surface area (Å²) in [5.74, 6) is -3.56. The number of benzene rings is 5. The lowest BCUT2D eigenvalue weighted by Gasteiger charge is -2.47. The van der Waals surface area contributed by atoms with Crippen molar-refractivity contribution in [2.24, 2.45) is 11.8 Å². The lowest BCUT2D eigenvalue weighted by Crippen LogP contribution is -2.63. The number of fused-ring (bicyclic) bond motifs is 5. The normalized spacial score (nSPS) is 29.2. The van der Waals surface area contributed by atoms with Crippen LogP contribution in [0.5, 0.6) is 0 Å². The molecular formula is C52H49F3N2O9. The predicted molar refractivity (Wildman–Crippen MR) is 233 cm³/mol. The SMILES string of the molecule is CC12CC(O[C@H]3O[C@H](COCc4ccccc4)[C@@H](OCc4ccccc4)[C@H](OCc4ccccc4)[C@H]3OCc3ccccc3)C(C)(O1)C1C(=O)N(c3ccc(C#N)c(C(F)(F)F)c3)C(=O)C12. The highest BCUT2D eigenvalue weighted by Crippen LogP contribution is 2.62. The number of nitrogens with zero attached hydrogens (tertiary/aromatic N) is 2. The van der Waals surface area contributed by atoms with Crippen molar-refractivity contribution in [2.75, 3.05) is 11.5 Å². The van der Waals surface area contributed by atoms with Crippen molar-refractivity contribution in [3.05, 3.63) is 173 Å². The maximum atomic E-state index is 14.5. The van der Waals surface area contributed by atoms with Crippen molar-refractivity contribution in [3.63, 3.8) is 0 Å². The van der Waals surface area contributed by atoms with E-state index >= 15 is 0 Å². The van der Waals surface area contributed by atoms with E-state index in [2.05, 4.69) is 0 Å². The Labute approximate surface area is 380 Å². The van der Waals surface area contributed by atoms with E-state index < -0.39 is 89.0 Å². The second kappa shape index (κ2) is 18.9. The van der Waals surface area contributed by atoms with Gasteiger partial charge in [-0.2, -0.15) is 18.4 Å². The van der Waals surface area contributed by atoms with E-state index in [0.29, 0.717) is 6.07 Å². The Morgan fingerprint density at radius 1 is 0.682 bits per heavy atom. The third kappa shape index (κ3) is 9.05. The summed E-state index contributed by atoms with van der Waals surface area (Å²) in [4.78, 5) is 29.6. The van der Waals surface area contributed by atoms with Gasteiger partial charge in [0.15, 0.2) is 6.29 Å². The first kappa shape index (κ1) is 45.4. The molecule has 5 aromatic rings. The maximum absolute atomic E-state index is 14.5. The molecule has 4 aliphatic heterocycles. The molecule has 4 aliphatic rings. The average molecular weight is 903 g/mol. The standard InChI is InChI=1S/C52H49F3N2O9/c1-50-26-41(51(2,66-50)43-42(50)47(58)57(48(43)59)38-24-23-37(27-56)39(25-38)52(53,54)55)65-49-46(63-31-36-21-13-6-14-22-36)45(62-30-35-19-11-5-12-20-35)44(61-29-34-17-9-4-10-18-34)40(64-49)32-60-28-33-15-7-3-8-16-33/h3-25,40-46,49H,26,28-32H2,1-2H3/t40-,41?,42?,43?,44-,45+,46-,49-,50?,51?/m1/s1. The monoisotopic (exact) mass is 902 g/mol. The molecule has 66 heavy (non-hydrogen) atoms. The van der Waals surface area contributed by atoms with Gasteiger partial charge in [0.2, 0.25) is 11.8 Å². The number of ether oxygens (including phenoxy) is 7. The van der Waals surface area contributed by atoms with Gasteiger partial charge in [0.05, 0.1) is 79.5 Å². The van der Waals surface area contributed by atoms with Gasteiger partial charge >= 0.3 is 6.18 Å². The van der Waals surface area contributed by atoms with Crippen molar-refractivity contribution in [3.8, 4) is 6.07 Å². The zero-order valence-electron chi connectivity index (χ0n) is 36.3. The largest absolute Gasteiger partial charge is 0.417 e. The van der Waals surface area contributed by atoms with E-state index in [0.717, 1.165) is 33.2 Å². The third-order valence-corrected chi connectivity index (χ3v) is 13.1. The molecule has 0 aliphatic carbocycles. The molecule has 0 N–H and O–H groups in total. The number of hydrogen-bond donors (Lipinski definition) is 0. The van der Waals surface area contributed by atoms with Crippen LogP contribution in [0.4, 0.5) is 18.9 Å².